The SMILES string of the molecule is CNCc1cn[nH]c1S(=O)(=O)N(C)C1CCCCCC1. The van der Waals surface area contributed by atoms with E-state index in [2.05, 4.69) is 15.5 Å². The van der Waals surface area contributed by atoms with E-state index in [0.717, 1.165) is 25.7 Å². The van der Waals surface area contributed by atoms with Crippen molar-refractivity contribution in [1.29, 1.82) is 0 Å². The normalized spacial score (nSPS) is 18.4. The van der Waals surface area contributed by atoms with Crippen LogP contribution >= 0.6 is 0 Å². The lowest BCUT2D eigenvalue weighted by Gasteiger charge is -2.26. The van der Waals surface area contributed by atoms with Gasteiger partial charge in [0.05, 0.1) is 6.20 Å². The molecule has 2 N–H and O–H groups in total. The second-order valence-electron chi connectivity index (χ2n) is 5.42. The summed E-state index contributed by atoms with van der Waals surface area (Å²) in [4.78, 5) is 0. The van der Waals surface area contributed by atoms with Gasteiger partial charge < -0.3 is 5.32 Å². The van der Waals surface area contributed by atoms with E-state index in [4.69, 9.17) is 0 Å². The Kier molecular flexibility index (Phi) is 5.17. The third kappa shape index (κ3) is 3.21. The molecule has 0 saturated heterocycles. The standard InChI is InChI=1S/C13H24N4O2S/c1-14-9-11-10-15-16-13(11)20(18,19)17(2)12-7-5-3-4-6-8-12/h10,12,14H,3-9H2,1-2H3,(H,15,16). The van der Waals surface area contributed by atoms with Crippen molar-refractivity contribution in [1.82, 2.24) is 19.8 Å². The van der Waals surface area contributed by atoms with E-state index in [1.807, 2.05) is 0 Å². The molecule has 0 unspecified atom stereocenters. The summed E-state index contributed by atoms with van der Waals surface area (Å²) >= 11 is 0. The topological polar surface area (TPSA) is 78.1 Å². The predicted molar refractivity (Wildman–Crippen MR) is 77.8 cm³/mol. The number of aromatic nitrogens is 2. The molecular weight excluding hydrogens is 276 g/mol. The van der Waals surface area contributed by atoms with Crippen LogP contribution < -0.4 is 5.32 Å². The van der Waals surface area contributed by atoms with Gasteiger partial charge in [0.1, 0.15) is 0 Å². The molecule has 1 heterocycles. The second kappa shape index (κ2) is 6.69. The molecule has 20 heavy (non-hydrogen) atoms. The quantitative estimate of drug-likeness (QED) is 0.807. The molecule has 1 aromatic heterocycles. The maximum absolute atomic E-state index is 12.7. The van der Waals surface area contributed by atoms with Crippen molar-refractivity contribution in [2.24, 2.45) is 0 Å². The molecule has 0 amide bonds. The number of aromatic amines is 1. The summed E-state index contributed by atoms with van der Waals surface area (Å²) in [5, 5.41) is 9.72. The first-order chi connectivity index (χ1) is 9.57. The van der Waals surface area contributed by atoms with Crippen LogP contribution in [0, 0.1) is 0 Å². The lowest BCUT2D eigenvalue weighted by Crippen LogP contribution is -2.37. The number of nitrogens with zero attached hydrogens (tertiary/aromatic N) is 2. The Morgan fingerprint density at radius 3 is 2.60 bits per heavy atom. The molecule has 7 heteroatoms. The van der Waals surface area contributed by atoms with Crippen molar-refractivity contribution in [3.8, 4) is 0 Å². The monoisotopic (exact) mass is 300 g/mol. The van der Waals surface area contributed by atoms with Crippen LogP contribution in [0.2, 0.25) is 0 Å². The zero-order valence-electron chi connectivity index (χ0n) is 12.2. The van der Waals surface area contributed by atoms with Gasteiger partial charge in [0.25, 0.3) is 10.0 Å². The summed E-state index contributed by atoms with van der Waals surface area (Å²) in [6, 6.07) is 0.105. The van der Waals surface area contributed by atoms with Crippen LogP contribution in [-0.4, -0.2) is 43.1 Å². The van der Waals surface area contributed by atoms with E-state index in [9.17, 15) is 8.42 Å². The van der Waals surface area contributed by atoms with Crippen LogP contribution in [0.3, 0.4) is 0 Å². The van der Waals surface area contributed by atoms with E-state index in [-0.39, 0.29) is 11.1 Å². The molecule has 1 aromatic rings. The van der Waals surface area contributed by atoms with Crippen LogP contribution in [0.1, 0.15) is 44.1 Å². The van der Waals surface area contributed by atoms with Crippen LogP contribution in [0.15, 0.2) is 11.2 Å². The van der Waals surface area contributed by atoms with Gasteiger partial charge in [-0.15, -0.1) is 0 Å². The highest BCUT2D eigenvalue weighted by Gasteiger charge is 2.31. The number of H-pyrrole nitrogens is 1. The van der Waals surface area contributed by atoms with E-state index in [1.165, 1.54) is 17.1 Å². The fraction of sp³-hybridized carbons (Fsp3) is 0.769. The zero-order chi connectivity index (χ0) is 14.6. The molecule has 0 radical (unpaired) electrons. The number of sulfonamides is 1. The maximum atomic E-state index is 12.7. The molecule has 1 fully saturated rings. The summed E-state index contributed by atoms with van der Waals surface area (Å²) in [6.07, 6.45) is 8.10. The number of hydrogen-bond acceptors (Lipinski definition) is 4. The minimum absolute atomic E-state index is 0.105. The molecule has 0 aliphatic heterocycles. The summed E-state index contributed by atoms with van der Waals surface area (Å²) in [5.41, 5.74) is 0.688. The Labute approximate surface area is 121 Å². The molecule has 0 aromatic carbocycles. The molecule has 6 nitrogen and oxygen atoms in total. The molecule has 0 bridgehead atoms. The van der Waals surface area contributed by atoms with Crippen molar-refractivity contribution in [2.75, 3.05) is 14.1 Å². The van der Waals surface area contributed by atoms with Crippen molar-refractivity contribution < 1.29 is 8.42 Å². The highest BCUT2D eigenvalue weighted by molar-refractivity contribution is 7.89. The van der Waals surface area contributed by atoms with Crippen molar-refractivity contribution in [3.05, 3.63) is 11.8 Å². The van der Waals surface area contributed by atoms with Crippen LogP contribution in [0.5, 0.6) is 0 Å². The smallest absolute Gasteiger partial charge is 0.260 e. The van der Waals surface area contributed by atoms with E-state index < -0.39 is 10.0 Å². The van der Waals surface area contributed by atoms with Gasteiger partial charge in [-0.3, -0.25) is 5.10 Å². The molecule has 114 valence electrons. The van der Waals surface area contributed by atoms with E-state index in [1.54, 1.807) is 20.3 Å². The van der Waals surface area contributed by atoms with Crippen LogP contribution in [0.25, 0.3) is 0 Å². The van der Waals surface area contributed by atoms with Gasteiger partial charge in [-0.25, -0.2) is 8.42 Å². The Morgan fingerprint density at radius 2 is 2.00 bits per heavy atom. The number of rotatable bonds is 5. The Morgan fingerprint density at radius 1 is 1.35 bits per heavy atom. The Bertz CT molecular complexity index is 518. The summed E-state index contributed by atoms with van der Waals surface area (Å²) in [6.45, 7) is 0.490. The van der Waals surface area contributed by atoms with Gasteiger partial charge in [-0.1, -0.05) is 25.7 Å². The van der Waals surface area contributed by atoms with E-state index >= 15 is 0 Å². The molecule has 1 aliphatic rings. The van der Waals surface area contributed by atoms with Crippen LogP contribution in [-0.2, 0) is 16.6 Å². The number of hydrogen-bond donors (Lipinski definition) is 2. The highest BCUT2D eigenvalue weighted by Crippen LogP contribution is 2.26. The Hall–Kier alpha value is -0.920. The van der Waals surface area contributed by atoms with Crippen molar-refractivity contribution >= 4 is 10.0 Å². The molecule has 1 saturated carbocycles. The third-order valence-corrected chi connectivity index (χ3v) is 5.95. The number of nitrogens with one attached hydrogen (secondary N) is 2. The molecule has 0 atom stereocenters. The van der Waals surface area contributed by atoms with Crippen LogP contribution in [0.4, 0.5) is 0 Å². The minimum atomic E-state index is -3.49. The molecular formula is C13H24N4O2S. The summed E-state index contributed by atoms with van der Waals surface area (Å²) in [5.74, 6) is 0. The molecule has 2 rings (SSSR count). The fourth-order valence-corrected chi connectivity index (χ4v) is 4.32. The van der Waals surface area contributed by atoms with Gasteiger partial charge in [-0.2, -0.15) is 9.40 Å². The first-order valence-electron chi connectivity index (χ1n) is 7.22. The first kappa shape index (κ1) is 15.5. The largest absolute Gasteiger partial charge is 0.316 e. The van der Waals surface area contributed by atoms with E-state index in [0.29, 0.717) is 12.1 Å². The van der Waals surface area contributed by atoms with Gasteiger partial charge in [-0.05, 0) is 19.9 Å². The zero-order valence-corrected chi connectivity index (χ0v) is 13.0. The Balaban J connectivity index is 2.21. The summed E-state index contributed by atoms with van der Waals surface area (Å²) in [7, 11) is -0.00916. The maximum Gasteiger partial charge on any atom is 0.260 e. The lowest BCUT2D eigenvalue weighted by molar-refractivity contribution is 0.334. The predicted octanol–water partition coefficient (Wildman–Crippen LogP) is 1.47. The molecule has 1 aliphatic carbocycles. The molecule has 0 spiro atoms. The third-order valence-electron chi connectivity index (χ3n) is 4.02. The van der Waals surface area contributed by atoms with Crippen molar-refractivity contribution in [2.45, 2.75) is 56.1 Å². The lowest BCUT2D eigenvalue weighted by atomic mass is 10.1. The van der Waals surface area contributed by atoms with Gasteiger partial charge >= 0.3 is 0 Å². The van der Waals surface area contributed by atoms with Gasteiger partial charge in [0.2, 0.25) is 0 Å². The average Bonchev–Trinajstić information content (AvgIpc) is 2.73. The second-order valence-corrected chi connectivity index (χ2v) is 7.36. The van der Waals surface area contributed by atoms with Crippen molar-refractivity contribution in [3.63, 3.8) is 0 Å². The van der Waals surface area contributed by atoms with Gasteiger partial charge in [0, 0.05) is 25.2 Å². The average molecular weight is 300 g/mol. The van der Waals surface area contributed by atoms with Gasteiger partial charge in [0.15, 0.2) is 5.03 Å². The summed E-state index contributed by atoms with van der Waals surface area (Å²) < 4.78 is 27.0. The first-order valence-corrected chi connectivity index (χ1v) is 8.66. The minimum Gasteiger partial charge on any atom is -0.316 e. The fourth-order valence-electron chi connectivity index (χ4n) is 2.80. The highest BCUT2D eigenvalue weighted by atomic mass is 32.2.